The molecule has 106 valence electrons. The molecule has 0 unspecified atom stereocenters. The van der Waals surface area contributed by atoms with Gasteiger partial charge in [-0.1, -0.05) is 0 Å². The largest absolute Gasteiger partial charge is 0.349 e. The van der Waals surface area contributed by atoms with E-state index in [9.17, 15) is 4.79 Å². The molecular formula is C16H21N3O. The van der Waals surface area contributed by atoms with E-state index in [1.165, 1.54) is 12.8 Å². The van der Waals surface area contributed by atoms with E-state index in [1.807, 2.05) is 37.3 Å². The number of rotatable bonds is 3. The molecule has 0 aliphatic heterocycles. The van der Waals surface area contributed by atoms with Crippen LogP contribution in [0.2, 0.25) is 0 Å². The highest BCUT2D eigenvalue weighted by atomic mass is 16.1. The minimum atomic E-state index is -0.00694. The highest BCUT2D eigenvalue weighted by Gasteiger charge is 2.29. The van der Waals surface area contributed by atoms with Crippen LogP contribution in [-0.2, 0) is 0 Å². The summed E-state index contributed by atoms with van der Waals surface area (Å²) in [5, 5.41) is 3.11. The number of nitrogens with one attached hydrogen (secondary N) is 1. The quantitative estimate of drug-likeness (QED) is 0.933. The van der Waals surface area contributed by atoms with E-state index in [4.69, 9.17) is 0 Å². The van der Waals surface area contributed by atoms with Gasteiger partial charge in [-0.15, -0.1) is 0 Å². The third-order valence-electron chi connectivity index (χ3n) is 4.14. The fourth-order valence-electron chi connectivity index (χ4n) is 2.91. The Balaban J connectivity index is 2.00. The average molecular weight is 271 g/mol. The molecule has 0 aromatic carbocycles. The van der Waals surface area contributed by atoms with Crippen molar-refractivity contribution >= 4 is 11.6 Å². The Morgan fingerprint density at radius 1 is 1.30 bits per heavy atom. The standard InChI is InChI=1S/C16H21N3O/c1-9-7-10(2)19-11(3)8-14(15(19)17-9)16(20)18-12(4)13-5-6-13/h7-8,12-13H,5-6H2,1-4H3,(H,18,20)/t12-/m0/s1. The van der Waals surface area contributed by atoms with E-state index < -0.39 is 0 Å². The van der Waals surface area contributed by atoms with Gasteiger partial charge >= 0.3 is 0 Å². The molecule has 4 nitrogen and oxygen atoms in total. The van der Waals surface area contributed by atoms with Crippen molar-refractivity contribution in [1.82, 2.24) is 14.7 Å². The fourth-order valence-corrected chi connectivity index (χ4v) is 2.91. The smallest absolute Gasteiger partial charge is 0.255 e. The Labute approximate surface area is 119 Å². The third kappa shape index (κ3) is 2.19. The van der Waals surface area contributed by atoms with E-state index in [2.05, 4.69) is 17.2 Å². The van der Waals surface area contributed by atoms with Gasteiger partial charge in [-0.25, -0.2) is 4.98 Å². The Hall–Kier alpha value is -1.84. The fraction of sp³-hybridized carbons (Fsp3) is 0.500. The highest BCUT2D eigenvalue weighted by molar-refractivity contribution is 6.00. The summed E-state index contributed by atoms with van der Waals surface area (Å²) in [6.45, 7) is 8.11. The first-order chi connectivity index (χ1) is 9.47. The molecule has 1 aliphatic rings. The molecule has 20 heavy (non-hydrogen) atoms. The molecule has 2 aromatic rings. The number of aryl methyl sites for hydroxylation is 3. The molecule has 0 saturated heterocycles. The molecule has 3 rings (SSSR count). The summed E-state index contributed by atoms with van der Waals surface area (Å²) < 4.78 is 2.05. The van der Waals surface area contributed by atoms with Crippen LogP contribution in [0.1, 0.15) is 47.2 Å². The summed E-state index contributed by atoms with van der Waals surface area (Å²) in [6.07, 6.45) is 2.46. The summed E-state index contributed by atoms with van der Waals surface area (Å²) in [5.74, 6) is 0.651. The van der Waals surface area contributed by atoms with E-state index >= 15 is 0 Å². The summed E-state index contributed by atoms with van der Waals surface area (Å²) in [4.78, 5) is 17.0. The second-order valence-electron chi connectivity index (χ2n) is 6.00. The zero-order chi connectivity index (χ0) is 14.4. The van der Waals surface area contributed by atoms with Crippen molar-refractivity contribution in [3.8, 4) is 0 Å². The van der Waals surface area contributed by atoms with Crippen molar-refractivity contribution in [3.05, 3.63) is 34.8 Å². The SMILES string of the molecule is Cc1cc(C)n2c(C)cc(C(=O)N[C@@H](C)C3CC3)c2n1. The van der Waals surface area contributed by atoms with Gasteiger partial charge in [-0.05, 0) is 58.6 Å². The molecule has 2 aromatic heterocycles. The highest BCUT2D eigenvalue weighted by Crippen LogP contribution is 2.32. The van der Waals surface area contributed by atoms with Crippen LogP contribution in [0.3, 0.4) is 0 Å². The van der Waals surface area contributed by atoms with Crippen LogP contribution in [0.4, 0.5) is 0 Å². The van der Waals surface area contributed by atoms with E-state index in [-0.39, 0.29) is 11.9 Å². The summed E-state index contributed by atoms with van der Waals surface area (Å²) in [7, 11) is 0. The second-order valence-corrected chi connectivity index (χ2v) is 6.00. The Morgan fingerprint density at radius 3 is 2.60 bits per heavy atom. The Bertz CT molecular complexity index is 683. The first-order valence-corrected chi connectivity index (χ1v) is 7.24. The lowest BCUT2D eigenvalue weighted by Crippen LogP contribution is -2.34. The molecule has 0 spiro atoms. The molecule has 1 saturated carbocycles. The molecule has 1 N–H and O–H groups in total. The topological polar surface area (TPSA) is 46.4 Å². The van der Waals surface area contributed by atoms with Crippen molar-refractivity contribution in [1.29, 1.82) is 0 Å². The van der Waals surface area contributed by atoms with Crippen LogP contribution in [-0.4, -0.2) is 21.3 Å². The number of carbonyl (C=O) groups is 1. The van der Waals surface area contributed by atoms with Gasteiger partial charge in [0.25, 0.3) is 5.91 Å². The molecule has 1 aliphatic carbocycles. The van der Waals surface area contributed by atoms with Gasteiger partial charge in [0.1, 0.15) is 5.65 Å². The zero-order valence-corrected chi connectivity index (χ0v) is 12.5. The molecular weight excluding hydrogens is 250 g/mol. The Morgan fingerprint density at radius 2 is 1.95 bits per heavy atom. The number of fused-ring (bicyclic) bond motifs is 1. The predicted octanol–water partition coefficient (Wildman–Crippen LogP) is 2.79. The van der Waals surface area contributed by atoms with Crippen LogP contribution >= 0.6 is 0 Å². The normalized spacial score (nSPS) is 16.4. The number of hydrogen-bond acceptors (Lipinski definition) is 2. The van der Waals surface area contributed by atoms with E-state index in [0.29, 0.717) is 11.5 Å². The maximum atomic E-state index is 12.5. The molecule has 0 bridgehead atoms. The number of aromatic nitrogens is 2. The van der Waals surface area contributed by atoms with Gasteiger partial charge in [0.05, 0.1) is 5.56 Å². The molecule has 4 heteroatoms. The van der Waals surface area contributed by atoms with E-state index in [1.54, 1.807) is 0 Å². The first kappa shape index (κ1) is 13.2. The number of carbonyl (C=O) groups excluding carboxylic acids is 1. The molecule has 1 fully saturated rings. The van der Waals surface area contributed by atoms with Crippen molar-refractivity contribution < 1.29 is 4.79 Å². The van der Waals surface area contributed by atoms with Crippen molar-refractivity contribution in [2.45, 2.75) is 46.6 Å². The number of amides is 1. The van der Waals surface area contributed by atoms with Crippen molar-refractivity contribution in [2.24, 2.45) is 5.92 Å². The summed E-state index contributed by atoms with van der Waals surface area (Å²) in [5.41, 5.74) is 4.55. The van der Waals surface area contributed by atoms with Gasteiger partial charge in [-0.3, -0.25) is 4.79 Å². The minimum absolute atomic E-state index is 0.00694. The second kappa shape index (κ2) is 4.62. The first-order valence-electron chi connectivity index (χ1n) is 7.24. The van der Waals surface area contributed by atoms with Crippen LogP contribution in [0.5, 0.6) is 0 Å². The zero-order valence-electron chi connectivity index (χ0n) is 12.5. The lowest BCUT2D eigenvalue weighted by Gasteiger charge is -2.12. The molecule has 1 amide bonds. The monoisotopic (exact) mass is 271 g/mol. The van der Waals surface area contributed by atoms with Gasteiger partial charge in [-0.2, -0.15) is 0 Å². The maximum absolute atomic E-state index is 12.5. The summed E-state index contributed by atoms with van der Waals surface area (Å²) >= 11 is 0. The maximum Gasteiger partial charge on any atom is 0.255 e. The molecule has 1 atom stereocenters. The van der Waals surface area contributed by atoms with Crippen molar-refractivity contribution in [3.63, 3.8) is 0 Å². The van der Waals surface area contributed by atoms with Gasteiger partial charge in [0, 0.05) is 23.1 Å². The molecule has 2 heterocycles. The van der Waals surface area contributed by atoms with Gasteiger partial charge in [0.15, 0.2) is 0 Å². The Kier molecular flexibility index (Phi) is 3.04. The number of nitrogens with zero attached hydrogens (tertiary/aromatic N) is 2. The average Bonchev–Trinajstić information content (AvgIpc) is 3.14. The molecule has 0 radical (unpaired) electrons. The van der Waals surface area contributed by atoms with Gasteiger partial charge < -0.3 is 9.72 Å². The third-order valence-corrected chi connectivity index (χ3v) is 4.14. The van der Waals surface area contributed by atoms with Crippen LogP contribution in [0.25, 0.3) is 5.65 Å². The lowest BCUT2D eigenvalue weighted by molar-refractivity contribution is 0.0937. The van der Waals surface area contributed by atoms with Crippen molar-refractivity contribution in [2.75, 3.05) is 0 Å². The van der Waals surface area contributed by atoms with E-state index in [0.717, 1.165) is 22.7 Å². The minimum Gasteiger partial charge on any atom is -0.349 e. The van der Waals surface area contributed by atoms with Crippen LogP contribution in [0.15, 0.2) is 12.1 Å². The summed E-state index contributed by atoms with van der Waals surface area (Å²) in [6, 6.07) is 4.22. The predicted molar refractivity (Wildman–Crippen MR) is 79.1 cm³/mol. The number of hydrogen-bond donors (Lipinski definition) is 1. The van der Waals surface area contributed by atoms with Crippen LogP contribution < -0.4 is 5.32 Å². The van der Waals surface area contributed by atoms with Gasteiger partial charge in [0.2, 0.25) is 0 Å². The lowest BCUT2D eigenvalue weighted by atomic mass is 10.2. The van der Waals surface area contributed by atoms with Crippen LogP contribution in [0, 0.1) is 26.7 Å².